The minimum Gasteiger partial charge on any atom is -0.497 e. The number of benzene rings is 3. The van der Waals surface area contributed by atoms with Gasteiger partial charge in [-0.2, -0.15) is 0 Å². The summed E-state index contributed by atoms with van der Waals surface area (Å²) in [4.78, 5) is 36.0. The molecule has 9 heteroatoms. The van der Waals surface area contributed by atoms with Gasteiger partial charge in [0.1, 0.15) is 5.75 Å². The van der Waals surface area contributed by atoms with Gasteiger partial charge in [-0.3, -0.25) is 19.7 Å². The summed E-state index contributed by atoms with van der Waals surface area (Å²) in [5, 5.41) is 16.6. The predicted octanol–water partition coefficient (Wildman–Crippen LogP) is 4.12. The van der Waals surface area contributed by atoms with E-state index in [-0.39, 0.29) is 28.3 Å². The summed E-state index contributed by atoms with van der Waals surface area (Å²) >= 11 is 0. The van der Waals surface area contributed by atoms with E-state index in [1.54, 1.807) is 48.5 Å². The van der Waals surface area contributed by atoms with Crippen LogP contribution in [0.1, 0.15) is 20.7 Å². The first kappa shape index (κ1) is 21.3. The number of nitrogens with one attached hydrogen (secondary N) is 2. The maximum absolute atomic E-state index is 12.8. The molecule has 0 spiro atoms. The molecule has 3 aromatic rings. The molecular formula is C22H19N3O6. The van der Waals surface area contributed by atoms with Crippen molar-refractivity contribution in [1.82, 2.24) is 0 Å². The Morgan fingerprint density at radius 2 is 1.65 bits per heavy atom. The van der Waals surface area contributed by atoms with Crippen LogP contribution in [0.15, 0.2) is 66.7 Å². The number of methoxy groups -OCH3 is 2. The number of rotatable bonds is 7. The van der Waals surface area contributed by atoms with Crippen molar-refractivity contribution in [3.8, 4) is 11.5 Å². The van der Waals surface area contributed by atoms with Gasteiger partial charge < -0.3 is 20.1 Å². The third-order valence-electron chi connectivity index (χ3n) is 4.39. The number of para-hydroxylation sites is 1. The molecule has 31 heavy (non-hydrogen) atoms. The second kappa shape index (κ2) is 9.40. The van der Waals surface area contributed by atoms with Crippen LogP contribution in [0.5, 0.6) is 11.5 Å². The van der Waals surface area contributed by atoms with Crippen molar-refractivity contribution in [2.45, 2.75) is 0 Å². The number of ether oxygens (including phenoxy) is 2. The van der Waals surface area contributed by atoms with Crippen LogP contribution in [0, 0.1) is 10.1 Å². The molecule has 3 rings (SSSR count). The summed E-state index contributed by atoms with van der Waals surface area (Å²) in [7, 11) is 2.83. The Morgan fingerprint density at radius 3 is 2.35 bits per heavy atom. The van der Waals surface area contributed by atoms with E-state index in [0.29, 0.717) is 11.4 Å². The van der Waals surface area contributed by atoms with E-state index >= 15 is 0 Å². The molecule has 0 radical (unpaired) electrons. The van der Waals surface area contributed by atoms with Gasteiger partial charge in [-0.15, -0.1) is 0 Å². The number of hydrogen-bond donors (Lipinski definition) is 2. The maximum Gasteiger partial charge on any atom is 0.311 e. The number of carbonyl (C=O) groups is 2. The topological polar surface area (TPSA) is 120 Å². The number of amides is 2. The average Bonchev–Trinajstić information content (AvgIpc) is 2.78. The highest BCUT2D eigenvalue weighted by Gasteiger charge is 2.20. The van der Waals surface area contributed by atoms with Crippen LogP contribution in [0.4, 0.5) is 17.1 Å². The number of hydrogen-bond acceptors (Lipinski definition) is 6. The lowest BCUT2D eigenvalue weighted by Crippen LogP contribution is -2.18. The Morgan fingerprint density at radius 1 is 0.871 bits per heavy atom. The molecule has 158 valence electrons. The Bertz CT molecular complexity index is 1150. The zero-order chi connectivity index (χ0) is 22.4. The molecule has 0 aliphatic heterocycles. The summed E-state index contributed by atoms with van der Waals surface area (Å²) in [6.45, 7) is 0. The SMILES string of the molecule is COc1cccc(NC(=O)c2ccccc2NC(=O)c2ccc(OC)c([N+](=O)[O-])c2)c1. The first-order valence-corrected chi connectivity index (χ1v) is 9.11. The van der Waals surface area contributed by atoms with Gasteiger partial charge in [-0.25, -0.2) is 0 Å². The highest BCUT2D eigenvalue weighted by Crippen LogP contribution is 2.28. The lowest BCUT2D eigenvalue weighted by molar-refractivity contribution is -0.385. The molecular weight excluding hydrogens is 402 g/mol. The summed E-state index contributed by atoms with van der Waals surface area (Å²) in [6, 6.07) is 17.2. The monoisotopic (exact) mass is 421 g/mol. The van der Waals surface area contributed by atoms with Crippen LogP contribution in [0.2, 0.25) is 0 Å². The van der Waals surface area contributed by atoms with Crippen LogP contribution >= 0.6 is 0 Å². The molecule has 0 aliphatic rings. The molecule has 0 bridgehead atoms. The van der Waals surface area contributed by atoms with E-state index in [0.717, 1.165) is 6.07 Å². The second-order valence-corrected chi connectivity index (χ2v) is 6.33. The fourth-order valence-corrected chi connectivity index (χ4v) is 2.86. The Labute approximate surface area is 177 Å². The molecule has 0 saturated heterocycles. The predicted molar refractivity (Wildman–Crippen MR) is 115 cm³/mol. The van der Waals surface area contributed by atoms with Gasteiger partial charge in [-0.1, -0.05) is 18.2 Å². The molecule has 0 aliphatic carbocycles. The van der Waals surface area contributed by atoms with Crippen LogP contribution < -0.4 is 20.1 Å². The van der Waals surface area contributed by atoms with Crippen molar-refractivity contribution in [2.24, 2.45) is 0 Å². The van der Waals surface area contributed by atoms with Gasteiger partial charge in [0.05, 0.1) is 30.4 Å². The number of nitrogens with zero attached hydrogens (tertiary/aromatic N) is 1. The van der Waals surface area contributed by atoms with E-state index < -0.39 is 16.7 Å². The van der Waals surface area contributed by atoms with E-state index in [1.165, 1.54) is 26.4 Å². The minimum absolute atomic E-state index is 0.0413. The van der Waals surface area contributed by atoms with Gasteiger partial charge in [0.25, 0.3) is 11.8 Å². The van der Waals surface area contributed by atoms with Crippen molar-refractivity contribution < 1.29 is 24.0 Å². The third kappa shape index (κ3) is 4.96. The second-order valence-electron chi connectivity index (χ2n) is 6.33. The lowest BCUT2D eigenvalue weighted by atomic mass is 10.1. The van der Waals surface area contributed by atoms with Crippen LogP contribution in [0.3, 0.4) is 0 Å². The van der Waals surface area contributed by atoms with Gasteiger partial charge in [0.15, 0.2) is 5.75 Å². The van der Waals surface area contributed by atoms with E-state index in [1.807, 2.05) is 0 Å². The Balaban J connectivity index is 1.83. The molecule has 0 atom stereocenters. The number of nitro benzene ring substituents is 1. The minimum atomic E-state index is -0.634. The number of nitro groups is 1. The zero-order valence-electron chi connectivity index (χ0n) is 16.7. The Hall–Kier alpha value is -4.40. The van der Waals surface area contributed by atoms with Crippen molar-refractivity contribution in [1.29, 1.82) is 0 Å². The number of anilines is 2. The fourth-order valence-electron chi connectivity index (χ4n) is 2.86. The molecule has 0 aromatic heterocycles. The molecule has 3 aromatic carbocycles. The van der Waals surface area contributed by atoms with Crippen molar-refractivity contribution in [2.75, 3.05) is 24.9 Å². The fraction of sp³-hybridized carbons (Fsp3) is 0.0909. The number of carbonyl (C=O) groups excluding carboxylic acids is 2. The van der Waals surface area contributed by atoms with Crippen molar-refractivity contribution >= 4 is 28.9 Å². The first-order valence-electron chi connectivity index (χ1n) is 9.11. The maximum atomic E-state index is 12.8. The largest absolute Gasteiger partial charge is 0.497 e. The van der Waals surface area contributed by atoms with Gasteiger partial charge in [-0.05, 0) is 36.4 Å². The molecule has 0 saturated carbocycles. The zero-order valence-corrected chi connectivity index (χ0v) is 16.7. The lowest BCUT2D eigenvalue weighted by Gasteiger charge is -2.12. The molecule has 0 unspecified atom stereocenters. The normalized spacial score (nSPS) is 10.1. The van der Waals surface area contributed by atoms with Crippen molar-refractivity contribution in [3.63, 3.8) is 0 Å². The molecule has 9 nitrogen and oxygen atoms in total. The van der Waals surface area contributed by atoms with Crippen molar-refractivity contribution in [3.05, 3.63) is 88.0 Å². The standard InChI is InChI=1S/C22H19N3O6/c1-30-16-7-5-6-15(13-16)23-22(27)17-8-3-4-9-18(17)24-21(26)14-10-11-20(31-2)19(12-14)25(28)29/h3-13H,1-2H3,(H,23,27)(H,24,26). The van der Waals surface area contributed by atoms with Gasteiger partial charge >= 0.3 is 5.69 Å². The van der Waals surface area contributed by atoms with Crippen LogP contribution in [-0.4, -0.2) is 31.0 Å². The molecule has 0 fully saturated rings. The van der Waals surface area contributed by atoms with Crippen LogP contribution in [-0.2, 0) is 0 Å². The molecule has 0 heterocycles. The van der Waals surface area contributed by atoms with Gasteiger partial charge in [0.2, 0.25) is 0 Å². The highest BCUT2D eigenvalue weighted by atomic mass is 16.6. The first-order chi connectivity index (χ1) is 14.9. The smallest absolute Gasteiger partial charge is 0.311 e. The highest BCUT2D eigenvalue weighted by molar-refractivity contribution is 6.12. The third-order valence-corrected chi connectivity index (χ3v) is 4.39. The molecule has 2 N–H and O–H groups in total. The van der Waals surface area contributed by atoms with E-state index in [9.17, 15) is 19.7 Å². The van der Waals surface area contributed by atoms with Crippen LogP contribution in [0.25, 0.3) is 0 Å². The quantitative estimate of drug-likeness (QED) is 0.437. The summed E-state index contributed by atoms with van der Waals surface area (Å²) in [6.07, 6.45) is 0. The van der Waals surface area contributed by atoms with E-state index in [4.69, 9.17) is 9.47 Å². The molecule has 2 amide bonds. The Kier molecular flexibility index (Phi) is 6.46. The van der Waals surface area contributed by atoms with Gasteiger partial charge in [0, 0.05) is 23.4 Å². The summed E-state index contributed by atoms with van der Waals surface area (Å²) < 4.78 is 10.1. The summed E-state index contributed by atoms with van der Waals surface area (Å²) in [5.41, 5.74) is 0.721. The van der Waals surface area contributed by atoms with E-state index in [2.05, 4.69) is 10.6 Å². The summed E-state index contributed by atoms with van der Waals surface area (Å²) in [5.74, 6) is -0.419. The average molecular weight is 421 g/mol.